The summed E-state index contributed by atoms with van der Waals surface area (Å²) in [5.41, 5.74) is 1.49. The summed E-state index contributed by atoms with van der Waals surface area (Å²) in [5, 5.41) is 4.17. The minimum Gasteiger partial charge on any atom is -0.464 e. The number of hydrogen-bond donors (Lipinski definition) is 0. The Morgan fingerprint density at radius 1 is 1.05 bits per heavy atom. The monoisotopic (exact) mass is 543 g/mol. The molecule has 2 saturated heterocycles. The first kappa shape index (κ1) is 25.7. The topological polar surface area (TPSA) is 86.9 Å². The van der Waals surface area contributed by atoms with Gasteiger partial charge >= 0.3 is 12.3 Å². The van der Waals surface area contributed by atoms with Crippen molar-refractivity contribution in [2.45, 2.75) is 75.6 Å². The molecule has 3 fully saturated rings. The molecular weight excluding hydrogens is 515 g/mol. The minimum absolute atomic E-state index is 0.0426. The molecule has 2 bridgehead atoms. The molecular formula is C28H28F3N3O5. The van der Waals surface area contributed by atoms with Crippen LogP contribution in [0.25, 0.3) is 11.3 Å². The first-order valence-electron chi connectivity index (χ1n) is 13.1. The minimum atomic E-state index is -4.83. The Balaban J connectivity index is 1.20. The van der Waals surface area contributed by atoms with E-state index in [9.17, 15) is 18.0 Å². The Morgan fingerprint density at radius 3 is 2.49 bits per heavy atom. The number of alkyl halides is 3. The molecule has 206 valence electrons. The number of nitrogens with zero attached hydrogens (tertiary/aromatic N) is 3. The van der Waals surface area contributed by atoms with Crippen LogP contribution in [0.3, 0.4) is 0 Å². The van der Waals surface area contributed by atoms with Gasteiger partial charge in [0.25, 0.3) is 0 Å². The Bertz CT molecular complexity index is 1340. The highest BCUT2D eigenvalue weighted by molar-refractivity contribution is 5.87. The van der Waals surface area contributed by atoms with Crippen LogP contribution in [-0.4, -0.2) is 47.8 Å². The van der Waals surface area contributed by atoms with Crippen LogP contribution in [-0.2, 0) is 16.1 Å². The maximum absolute atomic E-state index is 13.1. The van der Waals surface area contributed by atoms with Crippen molar-refractivity contribution in [1.82, 2.24) is 10.1 Å². The molecule has 6 rings (SSSR count). The van der Waals surface area contributed by atoms with Crippen LogP contribution in [0.1, 0.15) is 66.3 Å². The van der Waals surface area contributed by atoms with Crippen LogP contribution in [0, 0.1) is 0 Å². The lowest BCUT2D eigenvalue weighted by atomic mass is 9.99. The highest BCUT2D eigenvalue weighted by atomic mass is 19.4. The van der Waals surface area contributed by atoms with Crippen LogP contribution < -0.4 is 9.64 Å². The predicted octanol–water partition coefficient (Wildman–Crippen LogP) is 6.02. The third-order valence-electron chi connectivity index (χ3n) is 7.68. The number of carbonyl (C=O) groups is 1. The number of fused-ring (bicyclic) bond motifs is 2. The summed E-state index contributed by atoms with van der Waals surface area (Å²) in [6.45, 7) is 0.186. The van der Waals surface area contributed by atoms with Gasteiger partial charge in [0.15, 0.2) is 5.69 Å². The van der Waals surface area contributed by atoms with Gasteiger partial charge in [0.2, 0.25) is 0 Å². The van der Waals surface area contributed by atoms with E-state index < -0.39 is 12.3 Å². The van der Waals surface area contributed by atoms with Crippen molar-refractivity contribution in [3.8, 4) is 17.0 Å². The summed E-state index contributed by atoms with van der Waals surface area (Å²) < 4.78 is 60.3. The zero-order chi connectivity index (χ0) is 27.1. The van der Waals surface area contributed by atoms with E-state index in [1.807, 2.05) is 12.1 Å². The van der Waals surface area contributed by atoms with E-state index >= 15 is 0 Å². The lowest BCUT2D eigenvalue weighted by Crippen LogP contribution is -2.46. The van der Waals surface area contributed by atoms with E-state index in [2.05, 4.69) is 19.8 Å². The van der Waals surface area contributed by atoms with Crippen LogP contribution >= 0.6 is 0 Å². The van der Waals surface area contributed by atoms with Gasteiger partial charge < -0.3 is 23.6 Å². The van der Waals surface area contributed by atoms with Crippen LogP contribution in [0.2, 0.25) is 0 Å². The number of pyridine rings is 1. The van der Waals surface area contributed by atoms with E-state index in [1.54, 1.807) is 18.2 Å². The maximum Gasteiger partial charge on any atom is 0.573 e. The third-order valence-corrected chi connectivity index (χ3v) is 7.68. The van der Waals surface area contributed by atoms with Crippen molar-refractivity contribution in [3.05, 3.63) is 59.5 Å². The number of esters is 1. The molecule has 4 heterocycles. The molecule has 2 unspecified atom stereocenters. The first-order valence-corrected chi connectivity index (χ1v) is 13.1. The molecule has 1 saturated carbocycles. The van der Waals surface area contributed by atoms with Crippen LogP contribution in [0.5, 0.6) is 5.75 Å². The smallest absolute Gasteiger partial charge is 0.464 e. The SMILES string of the molecule is COC(=O)c1cccc(N2C3CCC2CC(OCc2c(-c4ccccc4OC(F)(F)F)noc2C2CC2)C3)n1. The molecule has 2 aromatic heterocycles. The lowest BCUT2D eigenvalue weighted by molar-refractivity contribution is -0.274. The Hall–Kier alpha value is -3.60. The number of rotatable bonds is 8. The van der Waals surface area contributed by atoms with Crippen molar-refractivity contribution in [3.63, 3.8) is 0 Å². The molecule has 0 amide bonds. The van der Waals surface area contributed by atoms with Gasteiger partial charge in [0, 0.05) is 29.1 Å². The summed E-state index contributed by atoms with van der Waals surface area (Å²) in [4.78, 5) is 18.8. The number of anilines is 1. The van der Waals surface area contributed by atoms with Crippen molar-refractivity contribution in [2.24, 2.45) is 0 Å². The number of carbonyl (C=O) groups excluding carboxylic acids is 1. The van der Waals surface area contributed by atoms with E-state index in [4.69, 9.17) is 14.0 Å². The Morgan fingerprint density at radius 2 is 1.79 bits per heavy atom. The van der Waals surface area contributed by atoms with Crippen LogP contribution in [0.15, 0.2) is 47.0 Å². The summed E-state index contributed by atoms with van der Waals surface area (Å²) in [7, 11) is 1.33. The van der Waals surface area contributed by atoms with Gasteiger partial charge in [-0.2, -0.15) is 0 Å². The molecule has 39 heavy (non-hydrogen) atoms. The average Bonchev–Trinajstić information content (AvgIpc) is 3.62. The Labute approximate surface area is 223 Å². The maximum atomic E-state index is 13.1. The second kappa shape index (κ2) is 10.2. The highest BCUT2D eigenvalue weighted by Crippen LogP contribution is 2.46. The number of methoxy groups -OCH3 is 1. The number of piperidine rings is 1. The highest BCUT2D eigenvalue weighted by Gasteiger charge is 2.42. The van der Waals surface area contributed by atoms with Crippen molar-refractivity contribution in [1.29, 1.82) is 0 Å². The lowest BCUT2D eigenvalue weighted by Gasteiger charge is -2.39. The molecule has 2 atom stereocenters. The molecule has 0 radical (unpaired) electrons. The van der Waals surface area contributed by atoms with Gasteiger partial charge in [-0.05, 0) is 62.8 Å². The van der Waals surface area contributed by atoms with E-state index in [1.165, 1.54) is 19.2 Å². The summed E-state index contributed by atoms with van der Waals surface area (Å²) in [6, 6.07) is 11.7. The Kier molecular flexibility index (Phi) is 6.70. The van der Waals surface area contributed by atoms with Crippen LogP contribution in [0.4, 0.5) is 19.0 Å². The van der Waals surface area contributed by atoms with Gasteiger partial charge in [0.1, 0.15) is 23.0 Å². The molecule has 1 aromatic carbocycles. The normalized spacial score (nSPS) is 22.7. The average molecular weight is 544 g/mol. The quantitative estimate of drug-likeness (QED) is 0.319. The number of benzene rings is 1. The second-order valence-corrected chi connectivity index (χ2v) is 10.3. The summed E-state index contributed by atoms with van der Waals surface area (Å²) in [5.74, 6) is 0.834. The third kappa shape index (κ3) is 5.32. The molecule has 3 aromatic rings. The summed E-state index contributed by atoms with van der Waals surface area (Å²) >= 11 is 0. The molecule has 3 aliphatic rings. The number of para-hydroxylation sites is 1. The number of hydrogen-bond acceptors (Lipinski definition) is 8. The standard InChI is InChI=1S/C28H28F3N3O5/c1-36-27(35)22-6-4-8-24(32-22)34-17-11-12-18(34)14-19(13-17)37-15-21-25(33-39-26(21)16-9-10-16)20-5-2-3-7-23(20)38-28(29,30)31/h2-8,16-19H,9-15H2,1H3. The largest absolute Gasteiger partial charge is 0.573 e. The molecule has 2 aliphatic heterocycles. The fourth-order valence-electron chi connectivity index (χ4n) is 5.84. The van der Waals surface area contributed by atoms with Crippen molar-refractivity contribution < 1.29 is 36.7 Å². The number of halogens is 3. The molecule has 1 aliphatic carbocycles. The van der Waals surface area contributed by atoms with Gasteiger partial charge in [-0.25, -0.2) is 9.78 Å². The van der Waals surface area contributed by atoms with Gasteiger partial charge in [-0.1, -0.05) is 23.4 Å². The van der Waals surface area contributed by atoms with Gasteiger partial charge in [-0.15, -0.1) is 13.2 Å². The van der Waals surface area contributed by atoms with E-state index in [-0.39, 0.29) is 47.7 Å². The van der Waals surface area contributed by atoms with Gasteiger partial charge in [-0.3, -0.25) is 0 Å². The second-order valence-electron chi connectivity index (χ2n) is 10.3. The molecule has 8 nitrogen and oxygen atoms in total. The van der Waals surface area contributed by atoms with E-state index in [0.29, 0.717) is 17.0 Å². The van der Waals surface area contributed by atoms with Crippen molar-refractivity contribution >= 4 is 11.8 Å². The van der Waals surface area contributed by atoms with Gasteiger partial charge in [0.05, 0.1) is 19.8 Å². The summed E-state index contributed by atoms with van der Waals surface area (Å²) in [6.07, 6.45) is 0.547. The zero-order valence-corrected chi connectivity index (χ0v) is 21.3. The predicted molar refractivity (Wildman–Crippen MR) is 133 cm³/mol. The molecule has 11 heteroatoms. The fourth-order valence-corrected chi connectivity index (χ4v) is 5.84. The fraction of sp³-hybridized carbons (Fsp3) is 0.464. The van der Waals surface area contributed by atoms with E-state index in [0.717, 1.165) is 44.3 Å². The molecule has 0 N–H and O–H groups in total. The number of aromatic nitrogens is 2. The molecule has 0 spiro atoms. The van der Waals surface area contributed by atoms with Crippen molar-refractivity contribution in [2.75, 3.05) is 12.0 Å². The first-order chi connectivity index (χ1) is 18.8. The number of ether oxygens (including phenoxy) is 3. The zero-order valence-electron chi connectivity index (χ0n) is 21.3.